The van der Waals surface area contributed by atoms with E-state index in [9.17, 15) is 14.9 Å². The maximum Gasteiger partial charge on any atom is 0.408 e. The number of rotatable bonds is 7. The lowest BCUT2D eigenvalue weighted by atomic mass is 10.2. The van der Waals surface area contributed by atoms with Crippen LogP contribution in [0, 0.1) is 10.1 Å². The molecule has 2 rings (SSSR count). The molecule has 150 valence electrons. The van der Waals surface area contributed by atoms with Crippen LogP contribution in [-0.4, -0.2) is 47.4 Å². The van der Waals surface area contributed by atoms with Crippen molar-refractivity contribution < 1.29 is 23.9 Å². The maximum atomic E-state index is 12.0. The first kappa shape index (κ1) is 21.6. The molecule has 1 fully saturated rings. The molecule has 2 N–H and O–H groups in total. The Labute approximate surface area is 170 Å². The lowest BCUT2D eigenvalue weighted by molar-refractivity contribution is -0.385. The van der Waals surface area contributed by atoms with E-state index in [0.29, 0.717) is 6.61 Å². The molecule has 27 heavy (non-hydrogen) atoms. The standard InChI is InChI=1S/C15H18Cl3N3O6/c1-25-12-5-4-9(7-11(12)21(23)24)19-13(15(16,17)18)20-14(22)27-8-10-3-2-6-26-10/h4-5,7,10,13,19H,2-3,6,8H2,1H3,(H,20,22)/t10-,13+/m1/s1. The number of nitrogens with zero attached hydrogens (tertiary/aromatic N) is 1. The van der Waals surface area contributed by atoms with Crippen LogP contribution < -0.4 is 15.4 Å². The zero-order chi connectivity index (χ0) is 20.0. The number of alkyl carbamates (subject to hydrolysis) is 1. The Balaban J connectivity index is 2.04. The number of methoxy groups -OCH3 is 1. The summed E-state index contributed by atoms with van der Waals surface area (Å²) in [5, 5.41) is 16.2. The lowest BCUT2D eigenvalue weighted by Crippen LogP contribution is -2.49. The monoisotopic (exact) mass is 441 g/mol. The number of halogens is 3. The van der Waals surface area contributed by atoms with Crippen molar-refractivity contribution in [2.75, 3.05) is 25.6 Å². The van der Waals surface area contributed by atoms with Crippen LogP contribution in [0.1, 0.15) is 12.8 Å². The number of nitro groups is 1. The van der Waals surface area contributed by atoms with E-state index in [1.165, 1.54) is 25.3 Å². The Morgan fingerprint density at radius 1 is 1.48 bits per heavy atom. The number of ether oxygens (including phenoxy) is 3. The predicted octanol–water partition coefficient (Wildman–Crippen LogP) is 3.62. The second-order valence-corrected chi connectivity index (χ2v) is 8.01. The average molecular weight is 443 g/mol. The van der Waals surface area contributed by atoms with Crippen molar-refractivity contribution in [2.45, 2.75) is 28.9 Å². The van der Waals surface area contributed by atoms with Crippen molar-refractivity contribution in [1.29, 1.82) is 0 Å². The Bertz CT molecular complexity index is 679. The highest BCUT2D eigenvalue weighted by atomic mass is 35.6. The number of hydrogen-bond donors (Lipinski definition) is 2. The van der Waals surface area contributed by atoms with Gasteiger partial charge in [-0.1, -0.05) is 34.8 Å². The molecular formula is C15H18Cl3N3O6. The minimum Gasteiger partial charge on any atom is -0.490 e. The van der Waals surface area contributed by atoms with Crippen molar-refractivity contribution in [1.82, 2.24) is 5.32 Å². The average Bonchev–Trinajstić information content (AvgIpc) is 3.12. The van der Waals surface area contributed by atoms with Crippen molar-refractivity contribution in [3.63, 3.8) is 0 Å². The van der Waals surface area contributed by atoms with Crippen LogP contribution in [-0.2, 0) is 9.47 Å². The summed E-state index contributed by atoms with van der Waals surface area (Å²) in [6.45, 7) is 0.705. The van der Waals surface area contributed by atoms with Gasteiger partial charge in [0.05, 0.1) is 18.1 Å². The fraction of sp³-hybridized carbons (Fsp3) is 0.533. The summed E-state index contributed by atoms with van der Waals surface area (Å²) in [7, 11) is 1.31. The molecule has 0 bridgehead atoms. The van der Waals surface area contributed by atoms with Crippen molar-refractivity contribution in [3.8, 4) is 5.75 Å². The second kappa shape index (κ2) is 9.50. The van der Waals surface area contributed by atoms with Crippen LogP contribution in [0.15, 0.2) is 18.2 Å². The Morgan fingerprint density at radius 2 is 2.22 bits per heavy atom. The molecular weight excluding hydrogens is 425 g/mol. The maximum absolute atomic E-state index is 12.0. The molecule has 12 heteroatoms. The number of benzene rings is 1. The highest BCUT2D eigenvalue weighted by Gasteiger charge is 2.35. The van der Waals surface area contributed by atoms with Gasteiger partial charge >= 0.3 is 11.8 Å². The highest BCUT2D eigenvalue weighted by molar-refractivity contribution is 6.68. The van der Waals surface area contributed by atoms with Gasteiger partial charge in [-0.3, -0.25) is 15.4 Å². The van der Waals surface area contributed by atoms with Crippen LogP contribution in [0.2, 0.25) is 0 Å². The van der Waals surface area contributed by atoms with Crippen LogP contribution in [0.4, 0.5) is 16.2 Å². The fourth-order valence-corrected chi connectivity index (χ4v) is 2.72. The van der Waals surface area contributed by atoms with Gasteiger partial charge in [0, 0.05) is 18.4 Å². The van der Waals surface area contributed by atoms with E-state index >= 15 is 0 Å². The quantitative estimate of drug-likeness (QED) is 0.287. The van der Waals surface area contributed by atoms with Crippen molar-refractivity contribution >= 4 is 52.3 Å². The van der Waals surface area contributed by atoms with Crippen LogP contribution in [0.5, 0.6) is 5.75 Å². The first-order chi connectivity index (χ1) is 12.7. The largest absolute Gasteiger partial charge is 0.490 e. The van der Waals surface area contributed by atoms with Gasteiger partial charge in [-0.15, -0.1) is 0 Å². The summed E-state index contributed by atoms with van der Waals surface area (Å²) in [6.07, 6.45) is -0.483. The van der Waals surface area contributed by atoms with Crippen LogP contribution >= 0.6 is 34.8 Å². The van der Waals surface area contributed by atoms with Gasteiger partial charge in [0.15, 0.2) is 5.75 Å². The second-order valence-electron chi connectivity index (χ2n) is 5.64. The van der Waals surface area contributed by atoms with E-state index in [-0.39, 0.29) is 29.8 Å². The van der Waals surface area contributed by atoms with Crippen molar-refractivity contribution in [2.24, 2.45) is 0 Å². The third-order valence-electron chi connectivity index (χ3n) is 3.70. The molecule has 1 heterocycles. The Hall–Kier alpha value is -1.68. The molecule has 0 radical (unpaired) electrons. The summed E-state index contributed by atoms with van der Waals surface area (Å²) in [4.78, 5) is 22.5. The minimum absolute atomic E-state index is 0.0694. The van der Waals surface area contributed by atoms with Gasteiger partial charge in [-0.25, -0.2) is 4.79 Å². The highest BCUT2D eigenvalue weighted by Crippen LogP contribution is 2.34. The van der Waals surface area contributed by atoms with Gasteiger partial charge in [-0.05, 0) is 25.0 Å². The summed E-state index contributed by atoms with van der Waals surface area (Å²) in [5.41, 5.74) is -0.0511. The zero-order valence-corrected chi connectivity index (χ0v) is 16.5. The Kier molecular flexibility index (Phi) is 7.60. The first-order valence-electron chi connectivity index (χ1n) is 7.91. The van der Waals surface area contributed by atoms with E-state index in [0.717, 1.165) is 12.8 Å². The number of carbonyl (C=O) groups excluding carboxylic acids is 1. The van der Waals surface area contributed by atoms with Gasteiger partial charge < -0.3 is 19.5 Å². The Morgan fingerprint density at radius 3 is 2.78 bits per heavy atom. The van der Waals surface area contributed by atoms with Crippen molar-refractivity contribution in [3.05, 3.63) is 28.3 Å². The minimum atomic E-state index is -1.96. The molecule has 1 aromatic carbocycles. The van der Waals surface area contributed by atoms with E-state index in [2.05, 4.69) is 10.6 Å². The first-order valence-corrected chi connectivity index (χ1v) is 9.04. The smallest absolute Gasteiger partial charge is 0.408 e. The molecule has 0 aromatic heterocycles. The number of amides is 1. The topological polar surface area (TPSA) is 112 Å². The summed E-state index contributed by atoms with van der Waals surface area (Å²) in [5.74, 6) is 0.0694. The third-order valence-corrected chi connectivity index (χ3v) is 4.36. The lowest BCUT2D eigenvalue weighted by Gasteiger charge is -2.27. The summed E-state index contributed by atoms with van der Waals surface area (Å²) < 4.78 is 13.4. The van der Waals surface area contributed by atoms with E-state index in [1.807, 2.05) is 0 Å². The normalized spacial score (nSPS) is 17.9. The number of anilines is 1. The molecule has 0 saturated carbocycles. The fourth-order valence-electron chi connectivity index (χ4n) is 2.39. The molecule has 1 amide bonds. The van der Waals surface area contributed by atoms with Gasteiger partial charge in [0.1, 0.15) is 12.8 Å². The number of nitrogens with one attached hydrogen (secondary N) is 2. The number of hydrogen-bond acceptors (Lipinski definition) is 7. The molecule has 1 saturated heterocycles. The van der Waals surface area contributed by atoms with Gasteiger partial charge in [-0.2, -0.15) is 0 Å². The van der Waals surface area contributed by atoms with E-state index < -0.39 is 21.0 Å². The molecule has 1 aromatic rings. The van der Waals surface area contributed by atoms with Gasteiger partial charge in [0.25, 0.3) is 0 Å². The third kappa shape index (κ3) is 6.46. The number of alkyl halides is 3. The molecule has 1 aliphatic heterocycles. The molecule has 9 nitrogen and oxygen atoms in total. The van der Waals surface area contributed by atoms with Crippen LogP contribution in [0.3, 0.4) is 0 Å². The molecule has 0 spiro atoms. The SMILES string of the molecule is COc1ccc(N[C@@H](NC(=O)OC[C@H]2CCCO2)C(Cl)(Cl)Cl)cc1[N+](=O)[O-]. The molecule has 1 aliphatic rings. The van der Waals surface area contributed by atoms with E-state index in [4.69, 9.17) is 49.0 Å². The van der Waals surface area contributed by atoms with E-state index in [1.54, 1.807) is 0 Å². The predicted molar refractivity (Wildman–Crippen MR) is 101 cm³/mol. The van der Waals surface area contributed by atoms with Crippen LogP contribution in [0.25, 0.3) is 0 Å². The number of nitro benzene ring substituents is 1. The molecule has 0 aliphatic carbocycles. The molecule has 0 unspecified atom stereocenters. The summed E-state index contributed by atoms with van der Waals surface area (Å²) >= 11 is 17.7. The number of carbonyl (C=O) groups is 1. The summed E-state index contributed by atoms with van der Waals surface area (Å²) in [6, 6.07) is 4.06. The molecule has 2 atom stereocenters. The zero-order valence-electron chi connectivity index (χ0n) is 14.2. The van der Waals surface area contributed by atoms with Gasteiger partial charge in [0.2, 0.25) is 3.79 Å².